The van der Waals surface area contributed by atoms with E-state index in [1.54, 1.807) is 0 Å². The minimum absolute atomic E-state index is 0.101. The Balaban J connectivity index is 1.30. The fourth-order valence-corrected chi connectivity index (χ4v) is 2.65. The molecule has 0 saturated heterocycles. The summed E-state index contributed by atoms with van der Waals surface area (Å²) in [6, 6.07) is 18.5. The molecule has 0 radical (unpaired) electrons. The van der Waals surface area contributed by atoms with E-state index in [1.807, 2.05) is 24.3 Å². The quantitative estimate of drug-likeness (QED) is 0.794. The first kappa shape index (κ1) is 14.9. The van der Waals surface area contributed by atoms with Crippen molar-refractivity contribution in [1.29, 1.82) is 0 Å². The van der Waals surface area contributed by atoms with Crippen molar-refractivity contribution in [3.63, 3.8) is 0 Å². The molecule has 22 heavy (non-hydrogen) atoms. The molecule has 1 heterocycles. The summed E-state index contributed by atoms with van der Waals surface area (Å²) in [5.41, 5.74) is 1.42. The lowest BCUT2D eigenvalue weighted by Gasteiger charge is -2.26. The molecule has 0 amide bonds. The molecule has 0 fully saturated rings. The van der Waals surface area contributed by atoms with E-state index in [4.69, 9.17) is 9.47 Å². The monoisotopic (exact) mass is 297 g/mol. The first-order valence-corrected chi connectivity index (χ1v) is 8.05. The first-order valence-electron chi connectivity index (χ1n) is 8.05. The predicted octanol–water partition coefficient (Wildman–Crippen LogP) is 3.44. The van der Waals surface area contributed by atoms with Gasteiger partial charge >= 0.3 is 0 Å². The molecule has 0 aliphatic carbocycles. The largest absolute Gasteiger partial charge is 0.486 e. The average molecular weight is 297 g/mol. The summed E-state index contributed by atoms with van der Waals surface area (Å²) in [6.45, 7) is 2.47. The highest BCUT2D eigenvalue weighted by Gasteiger charge is 2.19. The van der Waals surface area contributed by atoms with Gasteiger partial charge in [0.2, 0.25) is 0 Å². The number of aryl methyl sites for hydroxylation is 1. The summed E-state index contributed by atoms with van der Waals surface area (Å²) >= 11 is 0. The van der Waals surface area contributed by atoms with Crippen LogP contribution in [0.1, 0.15) is 18.4 Å². The minimum atomic E-state index is 0.101. The molecule has 0 saturated carbocycles. The smallest absolute Gasteiger partial charge is 0.161 e. The highest BCUT2D eigenvalue weighted by molar-refractivity contribution is 5.40. The maximum atomic E-state index is 5.92. The number of benzene rings is 2. The van der Waals surface area contributed by atoms with Gasteiger partial charge in [-0.2, -0.15) is 0 Å². The third-order valence-corrected chi connectivity index (χ3v) is 3.85. The van der Waals surface area contributed by atoms with Gasteiger partial charge in [-0.05, 0) is 43.5 Å². The Bertz CT molecular complexity index is 571. The molecular formula is C19H23NO2. The lowest BCUT2D eigenvalue weighted by atomic mass is 10.1. The zero-order chi connectivity index (χ0) is 15.0. The molecule has 3 heteroatoms. The molecule has 116 valence electrons. The van der Waals surface area contributed by atoms with Crippen LogP contribution in [-0.2, 0) is 6.42 Å². The van der Waals surface area contributed by atoms with Crippen LogP contribution < -0.4 is 14.8 Å². The van der Waals surface area contributed by atoms with Gasteiger partial charge in [-0.3, -0.25) is 0 Å². The minimum Gasteiger partial charge on any atom is -0.486 e. The average Bonchev–Trinajstić information content (AvgIpc) is 2.59. The number of nitrogens with one attached hydrogen (secondary N) is 1. The number of fused-ring (bicyclic) bond motifs is 1. The van der Waals surface area contributed by atoms with Gasteiger partial charge in [-0.1, -0.05) is 42.5 Å². The van der Waals surface area contributed by atoms with E-state index in [1.165, 1.54) is 18.4 Å². The highest BCUT2D eigenvalue weighted by atomic mass is 16.6. The van der Waals surface area contributed by atoms with Crippen LogP contribution in [0, 0.1) is 0 Å². The fraction of sp³-hybridized carbons (Fsp3) is 0.368. The van der Waals surface area contributed by atoms with Crippen molar-refractivity contribution in [1.82, 2.24) is 5.32 Å². The molecule has 2 aromatic carbocycles. The van der Waals surface area contributed by atoms with Gasteiger partial charge in [0.05, 0.1) is 0 Å². The number of para-hydroxylation sites is 2. The number of hydrogen-bond acceptors (Lipinski definition) is 3. The summed E-state index contributed by atoms with van der Waals surface area (Å²) in [4.78, 5) is 0. The maximum Gasteiger partial charge on any atom is 0.161 e. The summed E-state index contributed by atoms with van der Waals surface area (Å²) < 4.78 is 11.6. The topological polar surface area (TPSA) is 30.5 Å². The standard InChI is InChI=1S/C19H23NO2/c1-2-8-16(9-3-1)10-6-7-13-20-14-17-15-21-18-11-4-5-12-19(18)22-17/h1-5,8-9,11-12,17,20H,6-7,10,13-15H2/t17-/m1/s1. The van der Waals surface area contributed by atoms with Crippen LogP contribution in [0.15, 0.2) is 54.6 Å². The van der Waals surface area contributed by atoms with Crippen LogP contribution in [0.25, 0.3) is 0 Å². The lowest BCUT2D eigenvalue weighted by Crippen LogP contribution is -2.38. The molecule has 0 bridgehead atoms. The van der Waals surface area contributed by atoms with Crippen molar-refractivity contribution in [2.24, 2.45) is 0 Å². The van der Waals surface area contributed by atoms with Crippen LogP contribution in [0.5, 0.6) is 11.5 Å². The third-order valence-electron chi connectivity index (χ3n) is 3.85. The van der Waals surface area contributed by atoms with Crippen LogP contribution >= 0.6 is 0 Å². The van der Waals surface area contributed by atoms with E-state index >= 15 is 0 Å². The van der Waals surface area contributed by atoms with Crippen molar-refractivity contribution in [3.05, 3.63) is 60.2 Å². The van der Waals surface area contributed by atoms with Gasteiger partial charge in [0.25, 0.3) is 0 Å². The molecule has 1 aliphatic heterocycles. The van der Waals surface area contributed by atoms with E-state index in [2.05, 4.69) is 35.6 Å². The Kier molecular flexibility index (Phi) is 5.32. The molecule has 1 atom stereocenters. The van der Waals surface area contributed by atoms with Crippen molar-refractivity contribution in [2.75, 3.05) is 19.7 Å². The van der Waals surface area contributed by atoms with Crippen LogP contribution in [0.4, 0.5) is 0 Å². The molecule has 1 N–H and O–H groups in total. The number of rotatable bonds is 7. The SMILES string of the molecule is c1ccc(CCCCNC[C@@H]2COc3ccccc3O2)cc1. The lowest BCUT2D eigenvalue weighted by molar-refractivity contribution is 0.0905. The molecule has 0 unspecified atom stereocenters. The van der Waals surface area contributed by atoms with Gasteiger partial charge in [0.15, 0.2) is 11.5 Å². The number of unbranched alkanes of at least 4 members (excludes halogenated alkanes) is 1. The third kappa shape index (κ3) is 4.25. The van der Waals surface area contributed by atoms with Gasteiger partial charge in [0, 0.05) is 6.54 Å². The summed E-state index contributed by atoms with van der Waals surface area (Å²) in [5, 5.41) is 3.47. The van der Waals surface area contributed by atoms with Crippen LogP contribution in [-0.4, -0.2) is 25.8 Å². The summed E-state index contributed by atoms with van der Waals surface area (Å²) in [6.07, 6.45) is 3.64. The molecule has 2 aromatic rings. The van der Waals surface area contributed by atoms with Gasteiger partial charge in [0.1, 0.15) is 12.7 Å². The van der Waals surface area contributed by atoms with Crippen molar-refractivity contribution >= 4 is 0 Å². The van der Waals surface area contributed by atoms with Crippen molar-refractivity contribution in [3.8, 4) is 11.5 Å². The normalized spacial score (nSPS) is 16.5. The Morgan fingerprint density at radius 2 is 1.68 bits per heavy atom. The Hall–Kier alpha value is -2.00. The van der Waals surface area contributed by atoms with E-state index < -0.39 is 0 Å². The molecule has 0 aromatic heterocycles. The van der Waals surface area contributed by atoms with E-state index in [-0.39, 0.29) is 6.10 Å². The molecule has 3 rings (SSSR count). The van der Waals surface area contributed by atoms with Crippen molar-refractivity contribution in [2.45, 2.75) is 25.4 Å². The number of hydrogen-bond donors (Lipinski definition) is 1. The molecule has 1 aliphatic rings. The zero-order valence-corrected chi connectivity index (χ0v) is 12.8. The fourth-order valence-electron chi connectivity index (χ4n) is 2.65. The van der Waals surface area contributed by atoms with E-state index in [0.717, 1.165) is 31.0 Å². The molecule has 3 nitrogen and oxygen atoms in total. The van der Waals surface area contributed by atoms with E-state index in [9.17, 15) is 0 Å². The molecular weight excluding hydrogens is 274 g/mol. The molecule has 0 spiro atoms. The number of ether oxygens (including phenoxy) is 2. The Labute approximate surface area is 132 Å². The Morgan fingerprint density at radius 1 is 0.909 bits per heavy atom. The Morgan fingerprint density at radius 3 is 2.55 bits per heavy atom. The van der Waals surface area contributed by atoms with Crippen LogP contribution in [0.3, 0.4) is 0 Å². The van der Waals surface area contributed by atoms with Gasteiger partial charge in [-0.25, -0.2) is 0 Å². The van der Waals surface area contributed by atoms with E-state index in [0.29, 0.717) is 6.61 Å². The van der Waals surface area contributed by atoms with Crippen molar-refractivity contribution < 1.29 is 9.47 Å². The van der Waals surface area contributed by atoms with Crippen LogP contribution in [0.2, 0.25) is 0 Å². The zero-order valence-electron chi connectivity index (χ0n) is 12.8. The predicted molar refractivity (Wildman–Crippen MR) is 88.6 cm³/mol. The highest BCUT2D eigenvalue weighted by Crippen LogP contribution is 2.30. The second-order valence-electron chi connectivity index (χ2n) is 5.64. The first-order chi connectivity index (χ1) is 10.9. The second kappa shape index (κ2) is 7.85. The van der Waals surface area contributed by atoms with Gasteiger partial charge < -0.3 is 14.8 Å². The summed E-state index contributed by atoms with van der Waals surface area (Å²) in [7, 11) is 0. The second-order valence-corrected chi connectivity index (χ2v) is 5.64. The van der Waals surface area contributed by atoms with Gasteiger partial charge in [-0.15, -0.1) is 0 Å². The maximum absolute atomic E-state index is 5.92. The summed E-state index contributed by atoms with van der Waals surface area (Å²) in [5.74, 6) is 1.70.